The highest BCUT2D eigenvalue weighted by Crippen LogP contribution is 2.13. The molecule has 0 saturated carbocycles. The third-order valence-electron chi connectivity index (χ3n) is 3.36. The summed E-state index contributed by atoms with van der Waals surface area (Å²) >= 11 is 0. The first-order chi connectivity index (χ1) is 11.6. The predicted molar refractivity (Wildman–Crippen MR) is 88.7 cm³/mol. The van der Waals surface area contributed by atoms with Crippen LogP contribution >= 0.6 is 0 Å². The lowest BCUT2D eigenvalue weighted by Crippen LogP contribution is -2.43. The van der Waals surface area contributed by atoms with Crippen molar-refractivity contribution >= 4 is 17.6 Å². The molecule has 0 radical (unpaired) electrons. The van der Waals surface area contributed by atoms with E-state index in [2.05, 4.69) is 15.3 Å². The van der Waals surface area contributed by atoms with Crippen molar-refractivity contribution in [2.45, 2.75) is 12.5 Å². The van der Waals surface area contributed by atoms with E-state index in [0.29, 0.717) is 17.7 Å². The van der Waals surface area contributed by atoms with Gasteiger partial charge in [0.1, 0.15) is 6.04 Å². The third-order valence-corrected chi connectivity index (χ3v) is 3.36. The van der Waals surface area contributed by atoms with Crippen molar-refractivity contribution in [2.24, 2.45) is 5.11 Å². The Hall–Kier alpha value is -3.31. The van der Waals surface area contributed by atoms with Crippen LogP contribution in [0.1, 0.15) is 15.9 Å². The van der Waals surface area contributed by atoms with E-state index in [9.17, 15) is 9.59 Å². The smallest absolute Gasteiger partial charge is 0.328 e. The average molecular weight is 324 g/mol. The van der Waals surface area contributed by atoms with Crippen LogP contribution in [-0.2, 0) is 16.0 Å². The van der Waals surface area contributed by atoms with Crippen LogP contribution in [0.5, 0.6) is 0 Å². The van der Waals surface area contributed by atoms with Gasteiger partial charge in [-0.3, -0.25) is 4.79 Å². The molecule has 0 bridgehead atoms. The highest BCUT2D eigenvalue weighted by Gasteiger charge is 2.22. The largest absolute Gasteiger partial charge is 0.467 e. The molecule has 0 heterocycles. The zero-order valence-electron chi connectivity index (χ0n) is 13.0. The molecule has 0 spiro atoms. The van der Waals surface area contributed by atoms with E-state index >= 15 is 0 Å². The van der Waals surface area contributed by atoms with Gasteiger partial charge in [-0.15, -0.1) is 0 Å². The summed E-state index contributed by atoms with van der Waals surface area (Å²) in [6.45, 7) is 0. The fourth-order valence-corrected chi connectivity index (χ4v) is 2.16. The molecule has 2 rings (SSSR count). The molecule has 1 unspecified atom stereocenters. The predicted octanol–water partition coefficient (Wildman–Crippen LogP) is 3.14. The molecule has 0 aliphatic carbocycles. The van der Waals surface area contributed by atoms with Gasteiger partial charge in [-0.1, -0.05) is 47.6 Å². The molecule has 0 aliphatic rings. The lowest BCUT2D eigenvalue weighted by atomic mass is 10.1. The number of carbonyl (C=O) groups excluding carboxylic acids is 2. The number of azide groups is 1. The number of hydrogen-bond donors (Lipinski definition) is 1. The first-order valence-corrected chi connectivity index (χ1v) is 7.22. The van der Waals surface area contributed by atoms with Crippen LogP contribution in [0, 0.1) is 0 Å². The van der Waals surface area contributed by atoms with Crippen molar-refractivity contribution in [1.29, 1.82) is 0 Å². The van der Waals surface area contributed by atoms with Gasteiger partial charge in [-0.25, -0.2) is 4.79 Å². The zero-order valence-corrected chi connectivity index (χ0v) is 13.0. The molecule has 0 aromatic heterocycles. The number of nitrogens with zero attached hydrogens (tertiary/aromatic N) is 3. The van der Waals surface area contributed by atoms with Gasteiger partial charge in [0.15, 0.2) is 0 Å². The summed E-state index contributed by atoms with van der Waals surface area (Å²) in [5, 5.41) is 6.11. The van der Waals surface area contributed by atoms with E-state index in [1.54, 1.807) is 0 Å². The summed E-state index contributed by atoms with van der Waals surface area (Å²) in [5.74, 6) is -0.924. The molecule has 1 atom stereocenters. The summed E-state index contributed by atoms with van der Waals surface area (Å²) in [6.07, 6.45) is 0.329. The number of amides is 1. The van der Waals surface area contributed by atoms with Gasteiger partial charge in [0.25, 0.3) is 5.91 Å². The van der Waals surface area contributed by atoms with E-state index in [-0.39, 0.29) is 0 Å². The number of nitrogens with one attached hydrogen (secondary N) is 1. The van der Waals surface area contributed by atoms with Gasteiger partial charge >= 0.3 is 5.97 Å². The minimum atomic E-state index is -0.790. The summed E-state index contributed by atoms with van der Waals surface area (Å²) in [7, 11) is 1.28. The molecule has 7 heteroatoms. The minimum absolute atomic E-state index is 0.329. The van der Waals surface area contributed by atoms with Crippen LogP contribution in [0.4, 0.5) is 5.69 Å². The molecule has 24 heavy (non-hydrogen) atoms. The topological polar surface area (TPSA) is 104 Å². The normalized spacial score (nSPS) is 11.0. The van der Waals surface area contributed by atoms with Gasteiger partial charge in [0.2, 0.25) is 0 Å². The Balaban J connectivity index is 2.11. The lowest BCUT2D eigenvalue weighted by Gasteiger charge is -2.16. The second kappa shape index (κ2) is 8.36. The van der Waals surface area contributed by atoms with Crippen molar-refractivity contribution < 1.29 is 14.3 Å². The quantitative estimate of drug-likeness (QED) is 0.382. The molecule has 0 saturated heterocycles. The lowest BCUT2D eigenvalue weighted by molar-refractivity contribution is -0.142. The maximum absolute atomic E-state index is 12.3. The molecule has 1 N–H and O–H groups in total. The van der Waals surface area contributed by atoms with E-state index in [1.165, 1.54) is 31.4 Å². The Morgan fingerprint density at radius 3 is 2.42 bits per heavy atom. The second-order valence-electron chi connectivity index (χ2n) is 4.98. The van der Waals surface area contributed by atoms with Crippen LogP contribution in [0.15, 0.2) is 59.7 Å². The number of benzene rings is 2. The summed E-state index contributed by atoms with van der Waals surface area (Å²) in [5.41, 5.74) is 10.0. The van der Waals surface area contributed by atoms with E-state index < -0.39 is 17.9 Å². The van der Waals surface area contributed by atoms with Gasteiger partial charge in [-0.2, -0.15) is 0 Å². The molecule has 7 nitrogen and oxygen atoms in total. The molecular weight excluding hydrogens is 308 g/mol. The summed E-state index contributed by atoms with van der Waals surface area (Å²) in [4.78, 5) is 26.9. The number of hydrogen-bond acceptors (Lipinski definition) is 4. The Morgan fingerprint density at radius 1 is 1.17 bits per heavy atom. The second-order valence-corrected chi connectivity index (χ2v) is 4.98. The molecule has 2 aromatic carbocycles. The number of methoxy groups -OCH3 is 1. The Kier molecular flexibility index (Phi) is 5.94. The third kappa shape index (κ3) is 4.59. The number of esters is 1. The zero-order chi connectivity index (χ0) is 17.4. The van der Waals surface area contributed by atoms with E-state index in [0.717, 1.165) is 5.56 Å². The van der Waals surface area contributed by atoms with Crippen molar-refractivity contribution in [3.05, 3.63) is 76.2 Å². The molecule has 0 aliphatic heterocycles. The van der Waals surface area contributed by atoms with Gasteiger partial charge in [-0.05, 0) is 23.2 Å². The molecule has 122 valence electrons. The first-order valence-electron chi connectivity index (χ1n) is 7.22. The fourth-order valence-electron chi connectivity index (χ4n) is 2.16. The summed E-state index contributed by atoms with van der Waals surface area (Å²) < 4.78 is 4.76. The van der Waals surface area contributed by atoms with Crippen molar-refractivity contribution in [3.63, 3.8) is 0 Å². The van der Waals surface area contributed by atoms with Gasteiger partial charge in [0.05, 0.1) is 7.11 Å². The minimum Gasteiger partial charge on any atom is -0.467 e. The van der Waals surface area contributed by atoms with Crippen LogP contribution in [0.25, 0.3) is 10.4 Å². The van der Waals surface area contributed by atoms with Gasteiger partial charge in [0, 0.05) is 22.6 Å². The van der Waals surface area contributed by atoms with Crippen molar-refractivity contribution in [3.8, 4) is 0 Å². The Labute approximate surface area is 138 Å². The van der Waals surface area contributed by atoms with E-state index in [4.69, 9.17) is 10.3 Å². The van der Waals surface area contributed by atoms with Crippen LogP contribution in [-0.4, -0.2) is 25.0 Å². The number of rotatable bonds is 6. The molecule has 1 amide bonds. The monoisotopic (exact) mass is 324 g/mol. The van der Waals surface area contributed by atoms with E-state index in [1.807, 2.05) is 30.3 Å². The summed E-state index contributed by atoms with van der Waals surface area (Å²) in [6, 6.07) is 14.7. The SMILES string of the molecule is COC(=O)C(Cc1ccccc1)NC(=O)c1ccc(N=[N+]=[N-])cc1. The maximum Gasteiger partial charge on any atom is 0.328 e. The highest BCUT2D eigenvalue weighted by molar-refractivity contribution is 5.97. The first kappa shape index (κ1) is 17.1. The van der Waals surface area contributed by atoms with Crippen molar-refractivity contribution in [2.75, 3.05) is 7.11 Å². The Morgan fingerprint density at radius 2 is 1.83 bits per heavy atom. The fraction of sp³-hybridized carbons (Fsp3) is 0.176. The van der Waals surface area contributed by atoms with Crippen LogP contribution in [0.3, 0.4) is 0 Å². The van der Waals surface area contributed by atoms with Crippen LogP contribution < -0.4 is 5.32 Å². The maximum atomic E-state index is 12.3. The molecule has 0 fully saturated rings. The molecular formula is C17H16N4O3. The van der Waals surface area contributed by atoms with Crippen molar-refractivity contribution in [1.82, 2.24) is 5.32 Å². The Bertz CT molecular complexity index is 753. The highest BCUT2D eigenvalue weighted by atomic mass is 16.5. The standard InChI is InChI=1S/C17H16N4O3/c1-24-17(23)15(11-12-5-3-2-4-6-12)19-16(22)13-7-9-14(10-8-13)20-21-18/h2-10,15H,11H2,1H3,(H,19,22). The van der Waals surface area contributed by atoms with Crippen LogP contribution in [0.2, 0.25) is 0 Å². The molecule has 2 aromatic rings. The number of carbonyl (C=O) groups is 2. The van der Waals surface area contributed by atoms with Gasteiger partial charge < -0.3 is 10.1 Å². The average Bonchev–Trinajstić information content (AvgIpc) is 2.62. The number of ether oxygens (including phenoxy) is 1.